The summed E-state index contributed by atoms with van der Waals surface area (Å²) in [5, 5.41) is 12.7. The number of nitrogens with zero attached hydrogens (tertiary/aromatic N) is 4. The lowest BCUT2D eigenvalue weighted by molar-refractivity contribution is -1.02. The maximum atomic E-state index is 5.55. The van der Waals surface area contributed by atoms with Gasteiger partial charge in [0.1, 0.15) is 38.5 Å². The van der Waals surface area contributed by atoms with Crippen LogP contribution in [0.3, 0.4) is 0 Å². The molecule has 1 aliphatic heterocycles. The van der Waals surface area contributed by atoms with Gasteiger partial charge in [-0.15, -0.1) is 5.10 Å². The number of hydrogen-bond donors (Lipinski definition) is 2. The van der Waals surface area contributed by atoms with Gasteiger partial charge in [-0.3, -0.25) is 0 Å². The predicted molar refractivity (Wildman–Crippen MR) is 104 cm³/mol. The zero-order valence-electron chi connectivity index (χ0n) is 17.1. The lowest BCUT2D eigenvalue weighted by atomic mass is 10.0. The largest absolute Gasteiger partial charge is 0.493 e. The summed E-state index contributed by atoms with van der Waals surface area (Å²) in [6.07, 6.45) is 1.67. The van der Waals surface area contributed by atoms with E-state index in [1.807, 2.05) is 28.9 Å². The third-order valence-corrected chi connectivity index (χ3v) is 5.60. The average Bonchev–Trinajstić information content (AvgIpc) is 3.42. The van der Waals surface area contributed by atoms with Crippen LogP contribution in [0, 0.1) is 0 Å². The second-order valence-electron chi connectivity index (χ2n) is 7.44. The van der Waals surface area contributed by atoms with Gasteiger partial charge in [0.05, 0.1) is 27.5 Å². The average molecular weight is 400 g/mol. The van der Waals surface area contributed by atoms with Gasteiger partial charge >= 0.3 is 0 Å². The van der Waals surface area contributed by atoms with Crippen molar-refractivity contribution in [3.63, 3.8) is 0 Å². The summed E-state index contributed by atoms with van der Waals surface area (Å²) in [6.45, 7) is 4.80. The Bertz CT molecular complexity index is 918. The fourth-order valence-electron chi connectivity index (χ4n) is 3.97. The molecular weight excluding hydrogens is 372 g/mol. The summed E-state index contributed by atoms with van der Waals surface area (Å²) >= 11 is 0. The quantitative estimate of drug-likeness (QED) is 0.520. The van der Waals surface area contributed by atoms with Gasteiger partial charge < -0.3 is 23.7 Å². The number of ether oxygens (including phenoxy) is 2. The molecule has 4 rings (SSSR count). The molecule has 1 aromatic carbocycles. The molecule has 3 heterocycles. The van der Waals surface area contributed by atoms with Crippen LogP contribution in [-0.4, -0.2) is 67.7 Å². The number of quaternary nitrogens is 2. The fourth-order valence-corrected chi connectivity index (χ4v) is 3.97. The first kappa shape index (κ1) is 19.4. The zero-order valence-corrected chi connectivity index (χ0v) is 17.1. The highest BCUT2D eigenvalue weighted by Gasteiger charge is 2.35. The fraction of sp³-hybridized carbons (Fsp3) is 0.450. The molecule has 1 atom stereocenters. The van der Waals surface area contributed by atoms with E-state index in [9.17, 15) is 0 Å². The first-order chi connectivity index (χ1) is 14.2. The molecule has 0 radical (unpaired) electrons. The minimum Gasteiger partial charge on any atom is -0.493 e. The van der Waals surface area contributed by atoms with E-state index in [1.54, 1.807) is 25.4 Å². The van der Waals surface area contributed by atoms with E-state index in [0.29, 0.717) is 18.0 Å². The molecule has 0 amide bonds. The molecule has 0 bridgehead atoms. The molecule has 2 aromatic heterocycles. The van der Waals surface area contributed by atoms with E-state index in [1.165, 1.54) is 4.90 Å². The van der Waals surface area contributed by atoms with E-state index >= 15 is 0 Å². The van der Waals surface area contributed by atoms with Crippen molar-refractivity contribution in [2.75, 3.05) is 47.4 Å². The van der Waals surface area contributed by atoms with E-state index in [2.05, 4.69) is 28.6 Å². The maximum absolute atomic E-state index is 5.55. The summed E-state index contributed by atoms with van der Waals surface area (Å²) in [5.41, 5.74) is 1.10. The number of nitrogens with one attached hydrogen (secondary N) is 2. The lowest BCUT2D eigenvalue weighted by Gasteiger charge is -2.33. The molecule has 0 unspecified atom stereocenters. The van der Waals surface area contributed by atoms with Crippen LogP contribution in [0.4, 0.5) is 0 Å². The molecule has 1 fully saturated rings. The molecule has 0 saturated carbocycles. The normalized spacial score (nSPS) is 20.4. The van der Waals surface area contributed by atoms with Crippen LogP contribution in [0.15, 0.2) is 41.0 Å². The van der Waals surface area contributed by atoms with E-state index in [-0.39, 0.29) is 6.04 Å². The first-order valence-corrected chi connectivity index (χ1v) is 9.86. The van der Waals surface area contributed by atoms with E-state index in [0.717, 1.165) is 43.3 Å². The van der Waals surface area contributed by atoms with Crippen LogP contribution < -0.4 is 19.3 Å². The Morgan fingerprint density at radius 1 is 1.10 bits per heavy atom. The van der Waals surface area contributed by atoms with E-state index in [4.69, 9.17) is 13.9 Å². The summed E-state index contributed by atoms with van der Waals surface area (Å²) in [4.78, 5) is 2.99. The SMILES string of the molecule is COc1ccc([C@@H](c2nnnn2Cc2ccco2)[NH+]2CC[NH+](C)CC2)cc1OC. The Kier molecular flexibility index (Phi) is 5.77. The molecule has 9 nitrogen and oxygen atoms in total. The Morgan fingerprint density at radius 3 is 2.59 bits per heavy atom. The summed E-state index contributed by atoms with van der Waals surface area (Å²) in [6, 6.07) is 9.86. The van der Waals surface area contributed by atoms with Gasteiger partial charge in [-0.1, -0.05) is 0 Å². The van der Waals surface area contributed by atoms with Gasteiger partial charge in [0.15, 0.2) is 17.5 Å². The molecule has 3 aromatic rings. The Hall–Kier alpha value is -2.91. The van der Waals surface area contributed by atoms with Crippen molar-refractivity contribution in [3.8, 4) is 11.5 Å². The molecule has 29 heavy (non-hydrogen) atoms. The molecular formula is C20H28N6O3+2. The third kappa shape index (κ3) is 4.10. The highest BCUT2D eigenvalue weighted by atomic mass is 16.5. The number of furan rings is 1. The molecule has 1 saturated heterocycles. The van der Waals surface area contributed by atoms with Crippen LogP contribution in [0.1, 0.15) is 23.2 Å². The number of tetrazole rings is 1. The summed E-state index contributed by atoms with van der Waals surface area (Å²) in [5.74, 6) is 3.06. The van der Waals surface area contributed by atoms with Gasteiger partial charge in [-0.2, -0.15) is 0 Å². The second-order valence-corrected chi connectivity index (χ2v) is 7.44. The minimum atomic E-state index is -0.00660. The molecule has 154 valence electrons. The highest BCUT2D eigenvalue weighted by molar-refractivity contribution is 5.44. The number of hydrogen-bond acceptors (Lipinski definition) is 6. The van der Waals surface area contributed by atoms with Gasteiger partial charge in [0.2, 0.25) is 5.82 Å². The smallest absolute Gasteiger partial charge is 0.214 e. The standard InChI is InChI=1S/C20H26N6O3/c1-24-8-10-25(11-9-24)19(15-6-7-17(27-2)18(13-15)28-3)20-21-22-23-26(20)14-16-5-4-12-29-16/h4-7,12-13,19H,8-11,14H2,1-3H3/p+2/t19-/m0/s1. The number of likely N-dealkylation sites (N-methyl/N-ethyl adjacent to an activating group) is 1. The maximum Gasteiger partial charge on any atom is 0.214 e. The van der Waals surface area contributed by atoms with Gasteiger partial charge in [-0.05, 0) is 40.8 Å². The Balaban J connectivity index is 1.73. The van der Waals surface area contributed by atoms with Crippen molar-refractivity contribution >= 4 is 0 Å². The van der Waals surface area contributed by atoms with Crippen molar-refractivity contribution in [3.05, 3.63) is 53.7 Å². The van der Waals surface area contributed by atoms with Crippen molar-refractivity contribution in [1.82, 2.24) is 20.2 Å². The van der Waals surface area contributed by atoms with Gasteiger partial charge in [0.25, 0.3) is 0 Å². The van der Waals surface area contributed by atoms with Crippen molar-refractivity contribution in [1.29, 1.82) is 0 Å². The molecule has 9 heteroatoms. The Labute approximate surface area is 169 Å². The zero-order chi connectivity index (χ0) is 20.2. The van der Waals surface area contributed by atoms with Crippen LogP contribution >= 0.6 is 0 Å². The molecule has 0 spiro atoms. The molecule has 1 aliphatic rings. The first-order valence-electron chi connectivity index (χ1n) is 9.86. The van der Waals surface area contributed by atoms with Crippen LogP contribution in [0.25, 0.3) is 0 Å². The van der Waals surface area contributed by atoms with Crippen molar-refractivity contribution in [2.24, 2.45) is 0 Å². The van der Waals surface area contributed by atoms with Crippen LogP contribution in [0.2, 0.25) is 0 Å². The number of methoxy groups -OCH3 is 2. The Morgan fingerprint density at radius 2 is 1.90 bits per heavy atom. The molecule has 2 N–H and O–H groups in total. The van der Waals surface area contributed by atoms with Crippen LogP contribution in [0.5, 0.6) is 11.5 Å². The van der Waals surface area contributed by atoms with Crippen molar-refractivity contribution in [2.45, 2.75) is 12.6 Å². The third-order valence-electron chi connectivity index (χ3n) is 5.60. The lowest BCUT2D eigenvalue weighted by Crippen LogP contribution is -3.27. The molecule has 0 aliphatic carbocycles. The number of benzene rings is 1. The number of aromatic nitrogens is 4. The summed E-state index contributed by atoms with van der Waals surface area (Å²) < 4.78 is 18.3. The van der Waals surface area contributed by atoms with Gasteiger partial charge in [-0.25, -0.2) is 4.68 Å². The van der Waals surface area contributed by atoms with Gasteiger partial charge in [0, 0.05) is 5.56 Å². The number of piperazine rings is 1. The number of rotatable bonds is 7. The topological polar surface area (TPSA) is 84.1 Å². The monoisotopic (exact) mass is 400 g/mol. The highest BCUT2D eigenvalue weighted by Crippen LogP contribution is 2.31. The second kappa shape index (κ2) is 8.62. The van der Waals surface area contributed by atoms with E-state index < -0.39 is 0 Å². The minimum absolute atomic E-state index is 0.00660. The predicted octanol–water partition coefficient (Wildman–Crippen LogP) is -1.17. The van der Waals surface area contributed by atoms with Crippen LogP contribution in [-0.2, 0) is 6.54 Å². The van der Waals surface area contributed by atoms with Crippen molar-refractivity contribution < 1.29 is 23.7 Å². The summed E-state index contributed by atoms with van der Waals surface area (Å²) in [7, 11) is 5.54.